The Kier molecular flexibility index (Phi) is 7.39. The second kappa shape index (κ2) is 9.81. The Hall–Kier alpha value is -2.09. The molecule has 3 rings (SSSR count). The standard InChI is InChI=1S/C22H27ClN2O4S/c1-3-25(4-2)30(27,28)17-11-8-16(9-12-17)10-13-21(26)24-20-14-15-29-22-18(20)6-5-7-19(22)23/h5-9,11-12,20H,3-4,10,13-15H2,1-2H3,(H,24,26). The Morgan fingerprint density at radius 2 is 1.87 bits per heavy atom. The van der Waals surface area contributed by atoms with Gasteiger partial charge in [-0.15, -0.1) is 0 Å². The second-order valence-electron chi connectivity index (χ2n) is 7.15. The Labute approximate surface area is 183 Å². The Bertz CT molecular complexity index is 989. The summed E-state index contributed by atoms with van der Waals surface area (Å²) in [7, 11) is -3.47. The lowest BCUT2D eigenvalue weighted by atomic mass is 10.00. The molecule has 0 radical (unpaired) electrons. The van der Waals surface area contributed by atoms with E-state index in [1.807, 2.05) is 26.0 Å². The van der Waals surface area contributed by atoms with Crippen LogP contribution in [0.1, 0.15) is 43.9 Å². The minimum atomic E-state index is -3.47. The van der Waals surface area contributed by atoms with Crippen LogP contribution < -0.4 is 10.1 Å². The van der Waals surface area contributed by atoms with E-state index in [0.717, 1.165) is 11.1 Å². The fraction of sp³-hybridized carbons (Fsp3) is 0.409. The summed E-state index contributed by atoms with van der Waals surface area (Å²) in [5.74, 6) is 0.577. The van der Waals surface area contributed by atoms with Gasteiger partial charge in [0.2, 0.25) is 15.9 Å². The molecule has 1 atom stereocenters. The lowest BCUT2D eigenvalue weighted by Crippen LogP contribution is -2.32. The maximum atomic E-state index is 12.6. The number of sulfonamides is 1. The van der Waals surface area contributed by atoms with Crippen LogP contribution in [0.15, 0.2) is 47.4 Å². The fourth-order valence-electron chi connectivity index (χ4n) is 3.60. The van der Waals surface area contributed by atoms with Crippen LogP contribution in [-0.2, 0) is 21.2 Å². The van der Waals surface area contributed by atoms with Crippen molar-refractivity contribution in [1.29, 1.82) is 0 Å². The summed E-state index contributed by atoms with van der Waals surface area (Å²) in [6, 6.07) is 12.2. The van der Waals surface area contributed by atoms with Crippen molar-refractivity contribution >= 4 is 27.5 Å². The summed E-state index contributed by atoms with van der Waals surface area (Å²) in [6.45, 7) is 5.00. The number of amides is 1. The molecule has 1 heterocycles. The number of para-hydroxylation sites is 1. The highest BCUT2D eigenvalue weighted by molar-refractivity contribution is 7.89. The smallest absolute Gasteiger partial charge is 0.243 e. The number of benzene rings is 2. The van der Waals surface area contributed by atoms with Gasteiger partial charge in [0.1, 0.15) is 5.75 Å². The lowest BCUT2D eigenvalue weighted by Gasteiger charge is -2.27. The van der Waals surface area contributed by atoms with Gasteiger partial charge in [0.15, 0.2) is 0 Å². The molecule has 2 aromatic carbocycles. The first-order valence-corrected chi connectivity index (χ1v) is 12.0. The first-order valence-electron chi connectivity index (χ1n) is 10.2. The van der Waals surface area contributed by atoms with Crippen LogP contribution in [0.25, 0.3) is 0 Å². The van der Waals surface area contributed by atoms with Crippen LogP contribution in [0.2, 0.25) is 5.02 Å². The minimum absolute atomic E-state index is 0.0623. The predicted octanol–water partition coefficient (Wildman–Crippen LogP) is 3.94. The van der Waals surface area contributed by atoms with Crippen molar-refractivity contribution in [3.05, 3.63) is 58.6 Å². The number of hydrogen-bond donors (Lipinski definition) is 1. The molecule has 1 amide bonds. The van der Waals surface area contributed by atoms with E-state index in [1.54, 1.807) is 30.3 Å². The Morgan fingerprint density at radius 1 is 1.17 bits per heavy atom. The maximum Gasteiger partial charge on any atom is 0.243 e. The molecular weight excluding hydrogens is 424 g/mol. The van der Waals surface area contributed by atoms with Gasteiger partial charge in [-0.1, -0.05) is 49.7 Å². The minimum Gasteiger partial charge on any atom is -0.492 e. The summed E-state index contributed by atoms with van der Waals surface area (Å²) >= 11 is 6.18. The van der Waals surface area contributed by atoms with Crippen molar-refractivity contribution in [2.75, 3.05) is 19.7 Å². The third-order valence-corrected chi connectivity index (χ3v) is 7.63. The first kappa shape index (κ1) is 22.6. The van der Waals surface area contributed by atoms with Crippen molar-refractivity contribution < 1.29 is 17.9 Å². The monoisotopic (exact) mass is 450 g/mol. The Morgan fingerprint density at radius 3 is 2.53 bits per heavy atom. The average Bonchev–Trinajstić information content (AvgIpc) is 2.74. The van der Waals surface area contributed by atoms with Crippen LogP contribution in [0.5, 0.6) is 5.75 Å². The first-order chi connectivity index (χ1) is 14.4. The highest BCUT2D eigenvalue weighted by atomic mass is 35.5. The molecule has 1 N–H and O–H groups in total. The second-order valence-corrected chi connectivity index (χ2v) is 9.49. The van der Waals surface area contributed by atoms with Gasteiger partial charge in [-0.3, -0.25) is 4.79 Å². The highest BCUT2D eigenvalue weighted by Crippen LogP contribution is 2.37. The summed E-state index contributed by atoms with van der Waals surface area (Å²) in [6.07, 6.45) is 1.54. The van der Waals surface area contributed by atoms with Crippen molar-refractivity contribution in [1.82, 2.24) is 9.62 Å². The quantitative estimate of drug-likeness (QED) is 0.660. The van der Waals surface area contributed by atoms with E-state index in [9.17, 15) is 13.2 Å². The number of rotatable bonds is 8. The largest absolute Gasteiger partial charge is 0.492 e. The van der Waals surface area contributed by atoms with Gasteiger partial charge in [-0.25, -0.2) is 8.42 Å². The zero-order chi connectivity index (χ0) is 21.7. The van der Waals surface area contributed by atoms with E-state index in [-0.39, 0.29) is 16.8 Å². The zero-order valence-electron chi connectivity index (χ0n) is 17.2. The van der Waals surface area contributed by atoms with E-state index in [1.165, 1.54) is 4.31 Å². The number of aryl methyl sites for hydroxylation is 1. The number of fused-ring (bicyclic) bond motifs is 1. The van der Waals surface area contributed by atoms with Gasteiger partial charge >= 0.3 is 0 Å². The van der Waals surface area contributed by atoms with E-state index >= 15 is 0 Å². The summed E-state index contributed by atoms with van der Waals surface area (Å²) in [5, 5.41) is 3.61. The summed E-state index contributed by atoms with van der Waals surface area (Å²) in [5.41, 5.74) is 1.81. The fourth-order valence-corrected chi connectivity index (χ4v) is 5.30. The number of carbonyl (C=O) groups is 1. The van der Waals surface area contributed by atoms with Gasteiger partial charge < -0.3 is 10.1 Å². The van der Waals surface area contributed by atoms with E-state index in [2.05, 4.69) is 5.32 Å². The summed E-state index contributed by atoms with van der Waals surface area (Å²) in [4.78, 5) is 12.8. The van der Waals surface area contributed by atoms with Gasteiger partial charge in [0.25, 0.3) is 0 Å². The number of ether oxygens (including phenoxy) is 1. The molecule has 0 spiro atoms. The summed E-state index contributed by atoms with van der Waals surface area (Å²) < 4.78 is 32.2. The molecule has 1 aliphatic heterocycles. The SMILES string of the molecule is CCN(CC)S(=O)(=O)c1ccc(CCC(=O)NC2CCOc3c(Cl)cccc32)cc1. The van der Waals surface area contributed by atoms with Crippen molar-refractivity contribution in [3.8, 4) is 5.75 Å². The third-order valence-electron chi connectivity index (χ3n) is 5.27. The number of halogens is 1. The number of nitrogens with one attached hydrogen (secondary N) is 1. The highest BCUT2D eigenvalue weighted by Gasteiger charge is 2.25. The molecule has 30 heavy (non-hydrogen) atoms. The van der Waals surface area contributed by atoms with Crippen molar-refractivity contribution in [3.63, 3.8) is 0 Å². The number of nitrogens with zero attached hydrogens (tertiary/aromatic N) is 1. The molecular formula is C22H27ClN2O4S. The number of hydrogen-bond acceptors (Lipinski definition) is 4. The van der Waals surface area contributed by atoms with Crippen LogP contribution in [0.4, 0.5) is 0 Å². The topological polar surface area (TPSA) is 75.7 Å². The number of carbonyl (C=O) groups excluding carboxylic acids is 1. The lowest BCUT2D eigenvalue weighted by molar-refractivity contribution is -0.122. The average molecular weight is 451 g/mol. The van der Waals surface area contributed by atoms with Gasteiger partial charge in [-0.2, -0.15) is 4.31 Å². The molecule has 0 saturated carbocycles. The van der Waals surface area contributed by atoms with Gasteiger partial charge in [0.05, 0.1) is 22.6 Å². The molecule has 2 aromatic rings. The zero-order valence-corrected chi connectivity index (χ0v) is 18.8. The molecule has 162 valence electrons. The molecule has 0 bridgehead atoms. The predicted molar refractivity (Wildman–Crippen MR) is 117 cm³/mol. The maximum absolute atomic E-state index is 12.6. The van der Waals surface area contributed by atoms with Gasteiger partial charge in [0, 0.05) is 31.5 Å². The molecule has 6 nitrogen and oxygen atoms in total. The van der Waals surface area contributed by atoms with Crippen LogP contribution >= 0.6 is 11.6 Å². The molecule has 0 fully saturated rings. The van der Waals surface area contributed by atoms with E-state index < -0.39 is 10.0 Å². The van der Waals surface area contributed by atoms with Crippen LogP contribution in [0.3, 0.4) is 0 Å². The normalized spacial score (nSPS) is 16.1. The molecule has 1 aliphatic rings. The Balaban J connectivity index is 1.59. The molecule has 0 aromatic heterocycles. The third kappa shape index (κ3) is 4.96. The molecule has 0 aliphatic carbocycles. The van der Waals surface area contributed by atoms with Crippen LogP contribution in [-0.4, -0.2) is 38.3 Å². The van der Waals surface area contributed by atoms with Crippen molar-refractivity contribution in [2.24, 2.45) is 0 Å². The van der Waals surface area contributed by atoms with Gasteiger partial charge in [-0.05, 0) is 30.2 Å². The molecule has 8 heteroatoms. The van der Waals surface area contributed by atoms with Crippen LogP contribution in [0, 0.1) is 0 Å². The van der Waals surface area contributed by atoms with E-state index in [4.69, 9.17) is 16.3 Å². The van der Waals surface area contributed by atoms with Crippen molar-refractivity contribution in [2.45, 2.75) is 44.0 Å². The molecule has 1 unspecified atom stereocenters. The van der Waals surface area contributed by atoms with E-state index in [0.29, 0.717) is 49.7 Å². The molecule has 0 saturated heterocycles.